The fraction of sp³-hybridized carbons (Fsp3) is 0.333. The summed E-state index contributed by atoms with van der Waals surface area (Å²) in [5.41, 5.74) is 7.07. The fourth-order valence-corrected chi connectivity index (χ4v) is 4.27. The predicted octanol–water partition coefficient (Wildman–Crippen LogP) is 4.17. The van der Waals surface area contributed by atoms with Gasteiger partial charge in [0.05, 0.1) is 23.6 Å². The van der Waals surface area contributed by atoms with Gasteiger partial charge in [0.2, 0.25) is 11.8 Å². The van der Waals surface area contributed by atoms with Crippen LogP contribution in [0.2, 0.25) is 0 Å². The van der Waals surface area contributed by atoms with E-state index in [9.17, 15) is 9.59 Å². The summed E-state index contributed by atoms with van der Waals surface area (Å²) in [7, 11) is 1.78. The van der Waals surface area contributed by atoms with Crippen molar-refractivity contribution in [3.8, 4) is 5.69 Å². The minimum absolute atomic E-state index is 0.0674. The lowest BCUT2D eigenvalue weighted by Gasteiger charge is -2.18. The van der Waals surface area contributed by atoms with E-state index in [-0.39, 0.29) is 24.7 Å². The Morgan fingerprint density at radius 1 is 0.971 bits per heavy atom. The first kappa shape index (κ1) is 23.4. The van der Waals surface area contributed by atoms with Gasteiger partial charge in [-0.1, -0.05) is 48.5 Å². The van der Waals surface area contributed by atoms with Gasteiger partial charge in [0.1, 0.15) is 0 Å². The molecule has 0 N–H and O–H groups in total. The minimum atomic E-state index is -0.118. The molecule has 7 nitrogen and oxygen atoms in total. The number of carbonyl (C=O) groups is 2. The number of rotatable bonds is 7. The second-order valence-corrected chi connectivity index (χ2v) is 8.78. The van der Waals surface area contributed by atoms with Crippen LogP contribution < -0.4 is 0 Å². The molecule has 7 heteroatoms. The van der Waals surface area contributed by atoms with E-state index in [0.29, 0.717) is 13.1 Å². The molecule has 4 rings (SSSR count). The van der Waals surface area contributed by atoms with E-state index in [0.717, 1.165) is 45.9 Å². The standard InChI is InChI=1S/C27H31N5O2/c1-19-10-8-9-13-25(19)32-21(3)23(20(2)28-32)18-30(4)26(33)14-15-27(34)31-17-16-24(29-31)22-11-6-5-7-12-22/h5-13H,14-18H2,1-4H3. The third-order valence-electron chi connectivity index (χ3n) is 6.36. The molecule has 2 aromatic carbocycles. The van der Waals surface area contributed by atoms with Crippen LogP contribution in [0.25, 0.3) is 5.69 Å². The van der Waals surface area contributed by atoms with Gasteiger partial charge in [-0.25, -0.2) is 9.69 Å². The zero-order valence-electron chi connectivity index (χ0n) is 20.3. The molecule has 0 bridgehead atoms. The van der Waals surface area contributed by atoms with E-state index in [2.05, 4.69) is 18.1 Å². The topological polar surface area (TPSA) is 70.8 Å². The van der Waals surface area contributed by atoms with Crippen molar-refractivity contribution in [2.24, 2.45) is 5.10 Å². The zero-order valence-corrected chi connectivity index (χ0v) is 20.3. The minimum Gasteiger partial charge on any atom is -0.341 e. The Hall–Kier alpha value is -3.74. The van der Waals surface area contributed by atoms with Crippen molar-refractivity contribution in [2.45, 2.75) is 46.6 Å². The molecule has 2 heterocycles. The van der Waals surface area contributed by atoms with Crippen LogP contribution in [0.5, 0.6) is 0 Å². The highest BCUT2D eigenvalue weighted by molar-refractivity contribution is 6.02. The van der Waals surface area contributed by atoms with Crippen molar-refractivity contribution in [1.82, 2.24) is 19.7 Å². The highest BCUT2D eigenvalue weighted by Gasteiger charge is 2.23. The molecule has 1 aliphatic heterocycles. The Morgan fingerprint density at radius 3 is 2.41 bits per heavy atom. The molecule has 0 spiro atoms. The van der Waals surface area contributed by atoms with Gasteiger partial charge in [-0.2, -0.15) is 10.2 Å². The Morgan fingerprint density at radius 2 is 1.68 bits per heavy atom. The Labute approximate surface area is 200 Å². The molecular weight excluding hydrogens is 426 g/mol. The van der Waals surface area contributed by atoms with Crippen LogP contribution >= 0.6 is 0 Å². The van der Waals surface area contributed by atoms with E-state index >= 15 is 0 Å². The summed E-state index contributed by atoms with van der Waals surface area (Å²) in [6.45, 7) is 7.07. The summed E-state index contributed by atoms with van der Waals surface area (Å²) in [6.07, 6.45) is 1.04. The van der Waals surface area contributed by atoms with Gasteiger partial charge in [-0.15, -0.1) is 0 Å². The maximum atomic E-state index is 12.8. The Balaban J connectivity index is 1.36. The van der Waals surface area contributed by atoms with Gasteiger partial charge in [-0.3, -0.25) is 9.59 Å². The van der Waals surface area contributed by atoms with E-state index in [1.807, 2.05) is 67.1 Å². The van der Waals surface area contributed by atoms with Crippen LogP contribution in [0, 0.1) is 20.8 Å². The largest absolute Gasteiger partial charge is 0.341 e. The molecule has 0 fully saturated rings. The van der Waals surface area contributed by atoms with Gasteiger partial charge in [0, 0.05) is 44.1 Å². The third kappa shape index (κ3) is 4.93. The number of hydrogen-bond donors (Lipinski definition) is 0. The lowest BCUT2D eigenvalue weighted by molar-refractivity contribution is -0.136. The number of amides is 2. The average molecular weight is 458 g/mol. The first-order valence-electron chi connectivity index (χ1n) is 11.6. The van der Waals surface area contributed by atoms with Crippen molar-refractivity contribution in [3.63, 3.8) is 0 Å². The second-order valence-electron chi connectivity index (χ2n) is 8.78. The number of benzene rings is 2. The molecule has 0 atom stereocenters. The summed E-state index contributed by atoms with van der Waals surface area (Å²) in [5.74, 6) is -0.185. The third-order valence-corrected chi connectivity index (χ3v) is 6.36. The van der Waals surface area contributed by atoms with Crippen LogP contribution in [0.3, 0.4) is 0 Å². The van der Waals surface area contributed by atoms with Crippen molar-refractivity contribution in [1.29, 1.82) is 0 Å². The van der Waals surface area contributed by atoms with Crippen LogP contribution in [-0.2, 0) is 16.1 Å². The summed E-state index contributed by atoms with van der Waals surface area (Å²) in [4.78, 5) is 27.1. The maximum Gasteiger partial charge on any atom is 0.243 e. The smallest absolute Gasteiger partial charge is 0.243 e. The lowest BCUT2D eigenvalue weighted by atomic mass is 10.1. The SMILES string of the molecule is Cc1ccccc1-n1nc(C)c(CN(C)C(=O)CCC(=O)N2CCC(c3ccccc3)=N2)c1C. The molecule has 34 heavy (non-hydrogen) atoms. The van der Waals surface area contributed by atoms with Crippen LogP contribution in [0.15, 0.2) is 59.7 Å². The number of aryl methyl sites for hydroxylation is 2. The van der Waals surface area contributed by atoms with Crippen LogP contribution in [-0.4, -0.2) is 50.8 Å². The van der Waals surface area contributed by atoms with Crippen molar-refractivity contribution in [2.75, 3.05) is 13.6 Å². The number of hydrazone groups is 1. The predicted molar refractivity (Wildman–Crippen MR) is 133 cm³/mol. The molecule has 0 radical (unpaired) electrons. The molecule has 0 aliphatic carbocycles. The second kappa shape index (κ2) is 10.0. The number of para-hydroxylation sites is 1. The highest BCUT2D eigenvalue weighted by Crippen LogP contribution is 2.22. The van der Waals surface area contributed by atoms with E-state index in [1.54, 1.807) is 11.9 Å². The van der Waals surface area contributed by atoms with Gasteiger partial charge < -0.3 is 4.90 Å². The highest BCUT2D eigenvalue weighted by atomic mass is 16.2. The monoisotopic (exact) mass is 457 g/mol. The number of aromatic nitrogens is 2. The maximum absolute atomic E-state index is 12.8. The van der Waals surface area contributed by atoms with E-state index in [1.165, 1.54) is 5.01 Å². The Kier molecular flexibility index (Phi) is 6.91. The fourth-order valence-electron chi connectivity index (χ4n) is 4.27. The van der Waals surface area contributed by atoms with Crippen molar-refractivity contribution in [3.05, 3.63) is 82.7 Å². The first-order valence-corrected chi connectivity index (χ1v) is 11.6. The molecule has 0 unspecified atom stereocenters. The number of carbonyl (C=O) groups excluding carboxylic acids is 2. The van der Waals surface area contributed by atoms with Crippen LogP contribution in [0.4, 0.5) is 0 Å². The molecule has 1 aromatic heterocycles. The van der Waals surface area contributed by atoms with E-state index < -0.39 is 0 Å². The Bertz CT molecular complexity index is 1230. The van der Waals surface area contributed by atoms with Gasteiger partial charge >= 0.3 is 0 Å². The average Bonchev–Trinajstić information content (AvgIpc) is 3.44. The summed E-state index contributed by atoms with van der Waals surface area (Å²) < 4.78 is 1.94. The number of nitrogens with zero attached hydrogens (tertiary/aromatic N) is 5. The quantitative estimate of drug-likeness (QED) is 0.535. The van der Waals surface area contributed by atoms with Crippen LogP contribution in [0.1, 0.15) is 47.3 Å². The summed E-state index contributed by atoms with van der Waals surface area (Å²) in [6, 6.07) is 18.0. The number of hydrogen-bond acceptors (Lipinski definition) is 4. The lowest BCUT2D eigenvalue weighted by Crippen LogP contribution is -2.29. The normalized spacial score (nSPS) is 13.2. The molecular formula is C27H31N5O2. The molecule has 2 amide bonds. The van der Waals surface area contributed by atoms with E-state index in [4.69, 9.17) is 5.10 Å². The summed E-state index contributed by atoms with van der Waals surface area (Å²) in [5, 5.41) is 10.7. The first-order chi connectivity index (χ1) is 16.3. The van der Waals surface area contributed by atoms with Gasteiger partial charge in [0.15, 0.2) is 0 Å². The molecule has 176 valence electrons. The summed E-state index contributed by atoms with van der Waals surface area (Å²) >= 11 is 0. The molecule has 0 saturated carbocycles. The van der Waals surface area contributed by atoms with Gasteiger partial charge in [0.25, 0.3) is 0 Å². The van der Waals surface area contributed by atoms with Crippen molar-refractivity contribution >= 4 is 17.5 Å². The van der Waals surface area contributed by atoms with Crippen molar-refractivity contribution < 1.29 is 9.59 Å². The zero-order chi connectivity index (χ0) is 24.2. The molecule has 1 aliphatic rings. The molecule has 0 saturated heterocycles. The van der Waals surface area contributed by atoms with Gasteiger partial charge in [-0.05, 0) is 38.0 Å². The molecule has 3 aromatic rings.